The highest BCUT2D eigenvalue weighted by Crippen LogP contribution is 2.19. The molecule has 0 aliphatic rings. The first-order valence-corrected chi connectivity index (χ1v) is 7.96. The number of fused-ring (bicyclic) bond motifs is 1. The first-order chi connectivity index (χ1) is 10.9. The van der Waals surface area contributed by atoms with Crippen molar-refractivity contribution in [1.29, 1.82) is 0 Å². The third-order valence-corrected chi connectivity index (χ3v) is 4.35. The molecule has 22 heavy (non-hydrogen) atoms. The smallest absolute Gasteiger partial charge is 0.210 e. The van der Waals surface area contributed by atoms with Gasteiger partial charge in [-0.2, -0.15) is 5.10 Å². The van der Waals surface area contributed by atoms with Crippen LogP contribution in [0.15, 0.2) is 42.3 Å². The molecule has 0 aliphatic carbocycles. The zero-order valence-corrected chi connectivity index (χ0v) is 12.9. The second-order valence-corrected chi connectivity index (χ2v) is 5.74. The lowest BCUT2D eigenvalue weighted by Gasteiger charge is -2.07. The summed E-state index contributed by atoms with van der Waals surface area (Å²) in [6.45, 7) is 3.00. The fraction of sp³-hybridized carbons (Fsp3) is 0.200. The van der Waals surface area contributed by atoms with Crippen LogP contribution in [0.1, 0.15) is 18.4 Å². The van der Waals surface area contributed by atoms with Crippen LogP contribution in [0.5, 0.6) is 0 Å². The van der Waals surface area contributed by atoms with Crippen molar-refractivity contribution in [3.8, 4) is 5.13 Å². The summed E-state index contributed by atoms with van der Waals surface area (Å²) in [4.78, 5) is 13.2. The molecule has 0 aromatic carbocycles. The van der Waals surface area contributed by atoms with E-state index < -0.39 is 0 Å². The maximum atomic E-state index is 4.72. The monoisotopic (exact) mass is 310 g/mol. The Kier molecular flexibility index (Phi) is 3.19. The molecule has 4 heterocycles. The number of hydrogen-bond acceptors (Lipinski definition) is 5. The molecule has 0 radical (unpaired) electrons. The van der Waals surface area contributed by atoms with Crippen LogP contribution in [-0.4, -0.2) is 29.3 Å². The number of pyridine rings is 1. The molecule has 0 spiro atoms. The maximum Gasteiger partial charge on any atom is 0.210 e. The predicted molar refractivity (Wildman–Crippen MR) is 85.2 cm³/mol. The highest BCUT2D eigenvalue weighted by atomic mass is 32.1. The predicted octanol–water partition coefficient (Wildman–Crippen LogP) is 2.68. The van der Waals surface area contributed by atoms with Crippen molar-refractivity contribution in [2.24, 2.45) is 0 Å². The molecule has 0 amide bonds. The van der Waals surface area contributed by atoms with Gasteiger partial charge < -0.3 is 4.57 Å². The Labute approximate surface area is 131 Å². The molecule has 0 bridgehead atoms. The number of imidazole rings is 1. The summed E-state index contributed by atoms with van der Waals surface area (Å²) in [5.74, 6) is 1.02. The van der Waals surface area contributed by atoms with E-state index in [1.54, 1.807) is 29.9 Å². The van der Waals surface area contributed by atoms with Crippen molar-refractivity contribution < 1.29 is 0 Å². The van der Waals surface area contributed by atoms with Gasteiger partial charge in [0.2, 0.25) is 5.13 Å². The Morgan fingerprint density at radius 3 is 2.95 bits per heavy atom. The van der Waals surface area contributed by atoms with Crippen LogP contribution in [0.3, 0.4) is 0 Å². The first kappa shape index (κ1) is 13.1. The van der Waals surface area contributed by atoms with Gasteiger partial charge in [0.25, 0.3) is 0 Å². The van der Waals surface area contributed by atoms with E-state index >= 15 is 0 Å². The van der Waals surface area contributed by atoms with Gasteiger partial charge in [0.05, 0.1) is 17.4 Å². The van der Waals surface area contributed by atoms with Gasteiger partial charge in [-0.1, -0.05) is 0 Å². The molecule has 0 saturated heterocycles. The quantitative estimate of drug-likeness (QED) is 0.581. The topological polar surface area (TPSA) is 61.4 Å². The van der Waals surface area contributed by atoms with Gasteiger partial charge in [-0.3, -0.25) is 4.98 Å². The summed E-state index contributed by atoms with van der Waals surface area (Å²) < 4.78 is 4.10. The Balaban J connectivity index is 1.77. The van der Waals surface area contributed by atoms with E-state index in [2.05, 4.69) is 26.6 Å². The molecule has 4 aromatic heterocycles. The highest BCUT2D eigenvalue weighted by molar-refractivity contribution is 7.12. The number of aryl methyl sites for hydroxylation is 1. The molecule has 0 aliphatic heterocycles. The van der Waals surface area contributed by atoms with Gasteiger partial charge in [0.15, 0.2) is 0 Å². The van der Waals surface area contributed by atoms with Gasteiger partial charge in [-0.05, 0) is 19.1 Å². The Hall–Kier alpha value is -2.54. The molecule has 4 rings (SSSR count). The molecule has 0 N–H and O–H groups in total. The normalized spacial score (nSPS) is 11.3. The third kappa shape index (κ3) is 2.10. The van der Waals surface area contributed by atoms with Crippen LogP contribution >= 0.6 is 11.3 Å². The third-order valence-electron chi connectivity index (χ3n) is 3.61. The van der Waals surface area contributed by atoms with Crippen molar-refractivity contribution >= 4 is 22.4 Å². The summed E-state index contributed by atoms with van der Waals surface area (Å²) in [7, 11) is 0. The summed E-state index contributed by atoms with van der Waals surface area (Å²) in [6.07, 6.45) is 7.92. The minimum atomic E-state index is 0.710. The van der Waals surface area contributed by atoms with Crippen molar-refractivity contribution in [2.75, 3.05) is 0 Å². The van der Waals surface area contributed by atoms with Crippen LogP contribution in [-0.2, 0) is 13.0 Å². The summed E-state index contributed by atoms with van der Waals surface area (Å²) in [5.41, 5.74) is 3.13. The maximum absolute atomic E-state index is 4.72. The average molecular weight is 310 g/mol. The minimum Gasteiger partial charge on any atom is -0.328 e. The van der Waals surface area contributed by atoms with E-state index in [9.17, 15) is 0 Å². The van der Waals surface area contributed by atoms with Crippen LogP contribution < -0.4 is 0 Å². The number of aromatic nitrogens is 6. The van der Waals surface area contributed by atoms with E-state index in [1.165, 1.54) is 0 Å². The lowest BCUT2D eigenvalue weighted by atomic mass is 10.3. The Morgan fingerprint density at radius 2 is 2.14 bits per heavy atom. The standard InChI is InChI=1S/C15H14N6S/c1-2-20-13-4-5-16-10-12(13)19-14(20)9-11-3-6-18-21(11)15-17-7-8-22-15/h3-8,10H,2,9H2,1H3. The number of thiazole rings is 1. The lowest BCUT2D eigenvalue weighted by molar-refractivity contribution is 0.714. The fourth-order valence-electron chi connectivity index (χ4n) is 2.64. The zero-order chi connectivity index (χ0) is 14.9. The van der Waals surface area contributed by atoms with Crippen molar-refractivity contribution in [2.45, 2.75) is 19.9 Å². The molecule has 0 atom stereocenters. The first-order valence-electron chi connectivity index (χ1n) is 7.08. The van der Waals surface area contributed by atoms with Crippen molar-refractivity contribution in [1.82, 2.24) is 29.3 Å². The largest absolute Gasteiger partial charge is 0.328 e. The molecule has 0 fully saturated rings. The van der Waals surface area contributed by atoms with Gasteiger partial charge in [0, 0.05) is 36.9 Å². The SMILES string of the molecule is CCn1c(Cc2ccnn2-c2nccs2)nc2cnccc21. The van der Waals surface area contributed by atoms with Crippen LogP contribution in [0, 0.1) is 0 Å². The number of nitrogens with zero attached hydrogens (tertiary/aromatic N) is 6. The van der Waals surface area contributed by atoms with Crippen LogP contribution in [0.4, 0.5) is 0 Å². The van der Waals surface area contributed by atoms with Crippen molar-refractivity contribution in [3.63, 3.8) is 0 Å². The summed E-state index contributed by atoms with van der Waals surface area (Å²) >= 11 is 1.57. The molecule has 4 aromatic rings. The molecule has 0 saturated carbocycles. The molecule has 0 unspecified atom stereocenters. The Bertz CT molecular complexity index is 905. The van der Waals surface area contributed by atoms with Crippen molar-refractivity contribution in [3.05, 3.63) is 53.8 Å². The molecule has 6 nitrogen and oxygen atoms in total. The lowest BCUT2D eigenvalue weighted by Crippen LogP contribution is -2.07. The van der Waals surface area contributed by atoms with E-state index in [0.29, 0.717) is 6.42 Å². The second kappa shape index (κ2) is 5.34. The minimum absolute atomic E-state index is 0.710. The van der Waals surface area contributed by atoms with E-state index in [0.717, 1.165) is 34.2 Å². The summed E-state index contributed by atoms with van der Waals surface area (Å²) in [5, 5.41) is 7.21. The zero-order valence-electron chi connectivity index (χ0n) is 12.0. The van der Waals surface area contributed by atoms with E-state index in [1.807, 2.05) is 28.4 Å². The van der Waals surface area contributed by atoms with Gasteiger partial charge in [-0.15, -0.1) is 11.3 Å². The molecule has 110 valence electrons. The molecular formula is C15H14N6S. The second-order valence-electron chi connectivity index (χ2n) is 4.86. The number of rotatable bonds is 4. The highest BCUT2D eigenvalue weighted by Gasteiger charge is 2.14. The van der Waals surface area contributed by atoms with Gasteiger partial charge in [-0.25, -0.2) is 14.6 Å². The molecule has 7 heteroatoms. The van der Waals surface area contributed by atoms with E-state index in [4.69, 9.17) is 4.98 Å². The number of hydrogen-bond donors (Lipinski definition) is 0. The van der Waals surface area contributed by atoms with E-state index in [-0.39, 0.29) is 0 Å². The van der Waals surface area contributed by atoms with Gasteiger partial charge >= 0.3 is 0 Å². The average Bonchev–Trinajstić information content (AvgIpc) is 3.26. The Morgan fingerprint density at radius 1 is 1.18 bits per heavy atom. The fourth-order valence-corrected chi connectivity index (χ4v) is 3.27. The summed E-state index contributed by atoms with van der Waals surface area (Å²) in [6, 6.07) is 4.02. The molecular weight excluding hydrogens is 296 g/mol. The van der Waals surface area contributed by atoms with Crippen LogP contribution in [0.25, 0.3) is 16.2 Å². The van der Waals surface area contributed by atoms with Crippen LogP contribution in [0.2, 0.25) is 0 Å². The van der Waals surface area contributed by atoms with Gasteiger partial charge in [0.1, 0.15) is 11.3 Å².